The Balaban J connectivity index is 1.22. The molecule has 2 saturated heterocycles. The number of hydrogen-bond donors (Lipinski definition) is 3. The van der Waals surface area contributed by atoms with Crippen molar-refractivity contribution in [1.29, 1.82) is 0 Å². The first-order chi connectivity index (χ1) is 18.1. The van der Waals surface area contributed by atoms with Crippen LogP contribution < -0.4 is 16.0 Å². The highest BCUT2D eigenvalue weighted by Crippen LogP contribution is 2.25. The first kappa shape index (κ1) is 24.0. The number of aromatic nitrogens is 3. The fraction of sp³-hybridized carbons (Fsp3) is 0.407. The number of fused-ring (bicyclic) bond motifs is 1. The molecule has 0 amide bonds. The van der Waals surface area contributed by atoms with Crippen LogP contribution in [0.2, 0.25) is 0 Å². The largest absolute Gasteiger partial charge is 0.383 e. The third-order valence-corrected chi connectivity index (χ3v) is 7.32. The van der Waals surface area contributed by atoms with E-state index in [2.05, 4.69) is 38.1 Å². The van der Waals surface area contributed by atoms with Crippen LogP contribution >= 0.6 is 0 Å². The van der Waals surface area contributed by atoms with Crippen LogP contribution in [0.1, 0.15) is 18.4 Å². The fourth-order valence-electron chi connectivity index (χ4n) is 5.20. The summed E-state index contributed by atoms with van der Waals surface area (Å²) >= 11 is 0. The number of dihydropyridines is 1. The molecule has 194 valence electrons. The van der Waals surface area contributed by atoms with Crippen LogP contribution in [0.5, 0.6) is 0 Å². The van der Waals surface area contributed by atoms with Crippen molar-refractivity contribution in [2.24, 2.45) is 5.92 Å². The van der Waals surface area contributed by atoms with Crippen LogP contribution in [-0.2, 0) is 11.3 Å². The average molecular weight is 508 g/mol. The second kappa shape index (κ2) is 10.6. The van der Waals surface area contributed by atoms with E-state index in [-0.39, 0.29) is 12.1 Å². The van der Waals surface area contributed by atoms with Gasteiger partial charge in [0.25, 0.3) is 0 Å². The van der Waals surface area contributed by atoms with Gasteiger partial charge in [-0.05, 0) is 56.3 Å². The number of hydrogen-bond acceptors (Lipinski definition) is 7. The summed E-state index contributed by atoms with van der Waals surface area (Å²) in [6, 6.07) is 4.58. The SMILES string of the molecule is Fc1cc(-n2ccc3cnc(NC4=CC=C(C5CCNCC5)NC4)nc32)cc(F)c1CN1CCOCC1. The van der Waals surface area contributed by atoms with Gasteiger partial charge in [0.2, 0.25) is 5.95 Å². The van der Waals surface area contributed by atoms with Gasteiger partial charge in [-0.2, -0.15) is 4.98 Å². The number of piperidine rings is 1. The normalized spacial score (nSPS) is 19.4. The molecule has 2 aromatic heterocycles. The summed E-state index contributed by atoms with van der Waals surface area (Å²) in [5.41, 5.74) is 3.27. The molecule has 3 aromatic rings. The lowest BCUT2D eigenvalue weighted by atomic mass is 9.93. The van der Waals surface area contributed by atoms with E-state index in [9.17, 15) is 0 Å². The molecular weight excluding hydrogens is 476 g/mol. The van der Waals surface area contributed by atoms with E-state index in [0.29, 0.717) is 56.0 Å². The Morgan fingerprint density at radius 3 is 2.59 bits per heavy atom. The zero-order valence-corrected chi connectivity index (χ0v) is 20.6. The van der Waals surface area contributed by atoms with Crippen molar-refractivity contribution in [3.8, 4) is 5.69 Å². The number of ether oxygens (including phenoxy) is 1. The number of halogens is 2. The first-order valence-electron chi connectivity index (χ1n) is 12.9. The highest BCUT2D eigenvalue weighted by molar-refractivity contribution is 5.78. The Morgan fingerprint density at radius 1 is 1.08 bits per heavy atom. The van der Waals surface area contributed by atoms with Crippen molar-refractivity contribution in [1.82, 2.24) is 30.1 Å². The number of benzene rings is 1. The maximum Gasteiger partial charge on any atom is 0.228 e. The molecule has 0 aliphatic carbocycles. The summed E-state index contributed by atoms with van der Waals surface area (Å²) in [4.78, 5) is 11.1. The molecule has 10 heteroatoms. The maximum atomic E-state index is 15.0. The molecule has 0 radical (unpaired) electrons. The molecule has 3 N–H and O–H groups in total. The topological polar surface area (TPSA) is 79.3 Å². The number of rotatable bonds is 6. The minimum absolute atomic E-state index is 0.0766. The van der Waals surface area contributed by atoms with Gasteiger partial charge in [-0.25, -0.2) is 13.8 Å². The summed E-state index contributed by atoms with van der Waals surface area (Å²) in [7, 11) is 0. The molecule has 37 heavy (non-hydrogen) atoms. The van der Waals surface area contributed by atoms with Crippen molar-refractivity contribution >= 4 is 17.0 Å². The molecular formula is C27H31F2N7O. The smallest absolute Gasteiger partial charge is 0.228 e. The van der Waals surface area contributed by atoms with Gasteiger partial charge in [0.1, 0.15) is 17.3 Å². The number of nitrogens with zero attached hydrogens (tertiary/aromatic N) is 4. The van der Waals surface area contributed by atoms with E-state index in [1.165, 1.54) is 17.8 Å². The molecule has 5 heterocycles. The molecule has 6 rings (SSSR count). The van der Waals surface area contributed by atoms with Crippen LogP contribution in [0, 0.1) is 17.6 Å². The zero-order chi connectivity index (χ0) is 25.2. The van der Waals surface area contributed by atoms with Crippen LogP contribution in [0.3, 0.4) is 0 Å². The zero-order valence-electron chi connectivity index (χ0n) is 20.6. The molecule has 3 aliphatic rings. The third-order valence-electron chi connectivity index (χ3n) is 7.32. The molecule has 0 atom stereocenters. The van der Waals surface area contributed by atoms with Crippen molar-refractivity contribution in [2.75, 3.05) is 51.3 Å². The van der Waals surface area contributed by atoms with Crippen molar-refractivity contribution < 1.29 is 13.5 Å². The maximum absolute atomic E-state index is 15.0. The minimum Gasteiger partial charge on any atom is -0.383 e. The van der Waals surface area contributed by atoms with Gasteiger partial charge in [0.15, 0.2) is 0 Å². The Kier molecular flexibility index (Phi) is 6.86. The van der Waals surface area contributed by atoms with Crippen molar-refractivity contribution in [3.05, 3.63) is 71.3 Å². The van der Waals surface area contributed by atoms with E-state index in [0.717, 1.165) is 37.0 Å². The van der Waals surface area contributed by atoms with E-state index < -0.39 is 11.6 Å². The molecule has 8 nitrogen and oxygen atoms in total. The standard InChI is InChI=1S/C27H31F2N7O/c28-23-13-21(14-24(29)22(23)17-35-9-11-37-12-10-35)36-8-5-19-15-32-27(34-26(19)36)33-20-1-2-25(31-16-20)18-3-6-30-7-4-18/h1-2,5,8,13-15,18,30-31H,3-4,6-7,9-12,16-17H2,(H,32,33,34). The summed E-state index contributed by atoms with van der Waals surface area (Å²) in [6.45, 7) is 5.48. The van der Waals surface area contributed by atoms with Gasteiger partial charge in [-0.3, -0.25) is 4.90 Å². The molecule has 2 fully saturated rings. The molecule has 0 bridgehead atoms. The third kappa shape index (κ3) is 5.22. The van der Waals surface area contributed by atoms with Gasteiger partial charge >= 0.3 is 0 Å². The van der Waals surface area contributed by atoms with Gasteiger partial charge in [0, 0.05) is 60.3 Å². The van der Waals surface area contributed by atoms with Crippen LogP contribution in [0.25, 0.3) is 16.7 Å². The van der Waals surface area contributed by atoms with E-state index in [1.54, 1.807) is 17.0 Å². The van der Waals surface area contributed by atoms with Gasteiger partial charge < -0.3 is 25.3 Å². The second-order valence-electron chi connectivity index (χ2n) is 9.75. The highest BCUT2D eigenvalue weighted by atomic mass is 19.1. The van der Waals surface area contributed by atoms with Crippen LogP contribution in [0.4, 0.5) is 14.7 Å². The lowest BCUT2D eigenvalue weighted by molar-refractivity contribution is 0.0332. The molecule has 0 saturated carbocycles. The fourth-order valence-corrected chi connectivity index (χ4v) is 5.20. The molecule has 0 spiro atoms. The summed E-state index contributed by atoms with van der Waals surface area (Å²) in [6.07, 6.45) is 9.96. The lowest BCUT2D eigenvalue weighted by Gasteiger charge is -2.28. The summed E-state index contributed by atoms with van der Waals surface area (Å²) < 4.78 is 37.1. The number of anilines is 1. The number of nitrogens with one attached hydrogen (secondary N) is 3. The van der Waals surface area contributed by atoms with E-state index >= 15 is 8.78 Å². The first-order valence-corrected chi connectivity index (χ1v) is 12.9. The number of allylic oxidation sites excluding steroid dienone is 3. The Bertz CT molecular complexity index is 1320. The Morgan fingerprint density at radius 2 is 1.86 bits per heavy atom. The predicted molar refractivity (Wildman–Crippen MR) is 138 cm³/mol. The van der Waals surface area contributed by atoms with Crippen LogP contribution in [-0.4, -0.2) is 65.4 Å². The molecule has 0 unspecified atom stereocenters. The quantitative estimate of drug-likeness (QED) is 0.473. The molecule has 1 aromatic carbocycles. The monoisotopic (exact) mass is 507 g/mol. The Hall–Kier alpha value is -3.34. The number of morpholine rings is 1. The van der Waals surface area contributed by atoms with Crippen LogP contribution in [0.15, 0.2) is 54.1 Å². The second-order valence-corrected chi connectivity index (χ2v) is 9.75. The van der Waals surface area contributed by atoms with E-state index in [4.69, 9.17) is 4.74 Å². The van der Waals surface area contributed by atoms with Crippen molar-refractivity contribution in [2.45, 2.75) is 19.4 Å². The predicted octanol–water partition coefficient (Wildman–Crippen LogP) is 3.31. The average Bonchev–Trinajstić information content (AvgIpc) is 3.35. The van der Waals surface area contributed by atoms with Gasteiger partial charge in [0.05, 0.1) is 25.4 Å². The summed E-state index contributed by atoms with van der Waals surface area (Å²) in [5, 5.41) is 11.0. The minimum atomic E-state index is -0.564. The summed E-state index contributed by atoms with van der Waals surface area (Å²) in [5.74, 6) is -0.129. The van der Waals surface area contributed by atoms with E-state index in [1.807, 2.05) is 11.0 Å². The highest BCUT2D eigenvalue weighted by Gasteiger charge is 2.20. The van der Waals surface area contributed by atoms with Gasteiger partial charge in [-0.1, -0.05) is 0 Å². The lowest BCUT2D eigenvalue weighted by Crippen LogP contribution is -2.36. The molecule has 3 aliphatic heterocycles. The van der Waals surface area contributed by atoms with Crippen molar-refractivity contribution in [3.63, 3.8) is 0 Å². The Labute approximate surface area is 214 Å². The van der Waals surface area contributed by atoms with Gasteiger partial charge in [-0.15, -0.1) is 0 Å².